The predicted octanol–water partition coefficient (Wildman–Crippen LogP) is 1.25. The van der Waals surface area contributed by atoms with Crippen molar-refractivity contribution < 1.29 is 4.79 Å². The third kappa shape index (κ3) is 4.64. The number of hydrogen-bond acceptors (Lipinski definition) is 4. The molecule has 3 heterocycles. The maximum Gasteiger partial charge on any atom is 0.222 e. The fourth-order valence-corrected chi connectivity index (χ4v) is 3.19. The van der Waals surface area contributed by atoms with E-state index in [1.165, 1.54) is 0 Å². The molecule has 2 aromatic heterocycles. The first-order valence-corrected chi connectivity index (χ1v) is 9.31. The molecule has 0 radical (unpaired) electrons. The summed E-state index contributed by atoms with van der Waals surface area (Å²) in [6.07, 6.45) is 7.01. The number of amides is 1. The predicted molar refractivity (Wildman–Crippen MR) is 105 cm³/mol. The Bertz CT molecular complexity index is 797. The number of aromatic nitrogens is 3. The van der Waals surface area contributed by atoms with Crippen LogP contribution in [0.5, 0.6) is 0 Å². The lowest BCUT2D eigenvalue weighted by atomic mass is 10.2. The summed E-state index contributed by atoms with van der Waals surface area (Å²) in [6, 6.07) is 4.25. The van der Waals surface area contributed by atoms with Crippen molar-refractivity contribution in [1.82, 2.24) is 30.1 Å². The highest BCUT2D eigenvalue weighted by atomic mass is 16.2. The van der Waals surface area contributed by atoms with Crippen LogP contribution in [0.4, 0.5) is 0 Å². The van der Waals surface area contributed by atoms with Crippen molar-refractivity contribution in [3.63, 3.8) is 0 Å². The van der Waals surface area contributed by atoms with E-state index < -0.39 is 0 Å². The van der Waals surface area contributed by atoms with Gasteiger partial charge in [-0.15, -0.1) is 0 Å². The third-order valence-corrected chi connectivity index (χ3v) is 4.75. The van der Waals surface area contributed by atoms with Crippen LogP contribution in [-0.2, 0) is 11.3 Å². The van der Waals surface area contributed by atoms with Crippen LogP contribution in [-0.4, -0.2) is 57.5 Å². The zero-order valence-electron chi connectivity index (χ0n) is 16.1. The molecular formula is C19H27N7O. The second kappa shape index (κ2) is 8.66. The van der Waals surface area contributed by atoms with Crippen molar-refractivity contribution in [1.29, 1.82) is 0 Å². The number of rotatable bonds is 5. The average molecular weight is 369 g/mol. The Kier molecular flexibility index (Phi) is 6.05. The van der Waals surface area contributed by atoms with E-state index >= 15 is 0 Å². The fraction of sp³-hybridized carbons (Fsp3) is 0.474. The molecule has 144 valence electrons. The first-order chi connectivity index (χ1) is 13.1. The summed E-state index contributed by atoms with van der Waals surface area (Å²) in [6.45, 7) is 6.01. The number of guanidine groups is 1. The van der Waals surface area contributed by atoms with Crippen molar-refractivity contribution in [3.8, 4) is 5.82 Å². The van der Waals surface area contributed by atoms with Gasteiger partial charge in [0.2, 0.25) is 5.91 Å². The number of hydrogen-bond donors (Lipinski definition) is 2. The van der Waals surface area contributed by atoms with Crippen LogP contribution < -0.4 is 10.6 Å². The Balaban J connectivity index is 1.51. The molecule has 0 saturated carbocycles. The van der Waals surface area contributed by atoms with Gasteiger partial charge in [-0.1, -0.05) is 13.0 Å². The molecule has 0 aromatic carbocycles. The molecule has 8 heteroatoms. The van der Waals surface area contributed by atoms with E-state index in [9.17, 15) is 4.79 Å². The molecule has 1 unspecified atom stereocenters. The van der Waals surface area contributed by atoms with Gasteiger partial charge < -0.3 is 15.5 Å². The van der Waals surface area contributed by atoms with Gasteiger partial charge in [0, 0.05) is 57.7 Å². The lowest BCUT2D eigenvalue weighted by Crippen LogP contribution is -2.44. The molecule has 0 spiro atoms. The summed E-state index contributed by atoms with van der Waals surface area (Å²) in [7, 11) is 1.75. The number of aliphatic imine (C=N–C) groups is 1. The number of imidazole rings is 1. The van der Waals surface area contributed by atoms with Gasteiger partial charge in [0.15, 0.2) is 5.96 Å². The quantitative estimate of drug-likeness (QED) is 0.612. The zero-order chi connectivity index (χ0) is 19.2. The molecule has 0 aliphatic carbocycles. The third-order valence-electron chi connectivity index (χ3n) is 4.75. The Labute approximate surface area is 159 Å². The van der Waals surface area contributed by atoms with Gasteiger partial charge in [-0.3, -0.25) is 14.4 Å². The van der Waals surface area contributed by atoms with Crippen LogP contribution in [0.15, 0.2) is 35.7 Å². The summed E-state index contributed by atoms with van der Waals surface area (Å²) in [4.78, 5) is 26.7. The van der Waals surface area contributed by atoms with Gasteiger partial charge in [-0.2, -0.15) is 0 Å². The summed E-state index contributed by atoms with van der Waals surface area (Å²) < 4.78 is 1.95. The number of carbonyl (C=O) groups excluding carboxylic acids is 1. The highest BCUT2D eigenvalue weighted by molar-refractivity contribution is 5.80. The smallest absolute Gasteiger partial charge is 0.222 e. The second-order valence-corrected chi connectivity index (χ2v) is 6.62. The van der Waals surface area contributed by atoms with Gasteiger partial charge >= 0.3 is 0 Å². The van der Waals surface area contributed by atoms with Crippen molar-refractivity contribution in [3.05, 3.63) is 42.1 Å². The lowest BCUT2D eigenvalue weighted by Gasteiger charge is -2.18. The Morgan fingerprint density at radius 2 is 2.22 bits per heavy atom. The SMILES string of the molecule is CCC(=O)N1CCC(NC(=NC)NCc2ccc(-n3ccnc3C)nc2)C1. The Morgan fingerprint density at radius 3 is 2.85 bits per heavy atom. The van der Waals surface area contributed by atoms with E-state index in [1.54, 1.807) is 13.2 Å². The maximum absolute atomic E-state index is 11.8. The molecule has 1 saturated heterocycles. The normalized spacial score (nSPS) is 17.2. The van der Waals surface area contributed by atoms with Crippen molar-refractivity contribution in [2.75, 3.05) is 20.1 Å². The van der Waals surface area contributed by atoms with Gasteiger partial charge in [0.1, 0.15) is 11.6 Å². The van der Waals surface area contributed by atoms with Crippen molar-refractivity contribution >= 4 is 11.9 Å². The molecule has 2 aromatic rings. The van der Waals surface area contributed by atoms with Gasteiger partial charge in [0.25, 0.3) is 0 Å². The number of nitrogens with zero attached hydrogens (tertiary/aromatic N) is 5. The number of likely N-dealkylation sites (tertiary alicyclic amines) is 1. The van der Waals surface area contributed by atoms with E-state index in [0.717, 1.165) is 42.7 Å². The lowest BCUT2D eigenvalue weighted by molar-refractivity contribution is -0.129. The molecule has 1 atom stereocenters. The van der Waals surface area contributed by atoms with E-state index in [4.69, 9.17) is 0 Å². The summed E-state index contributed by atoms with van der Waals surface area (Å²) in [5, 5.41) is 6.71. The van der Waals surface area contributed by atoms with Crippen LogP contribution in [0.25, 0.3) is 5.82 Å². The van der Waals surface area contributed by atoms with Crippen molar-refractivity contribution in [2.45, 2.75) is 39.3 Å². The number of aryl methyl sites for hydroxylation is 1. The highest BCUT2D eigenvalue weighted by Gasteiger charge is 2.25. The zero-order valence-corrected chi connectivity index (χ0v) is 16.1. The summed E-state index contributed by atoms with van der Waals surface area (Å²) in [5.74, 6) is 2.70. The van der Waals surface area contributed by atoms with Crippen molar-refractivity contribution in [2.24, 2.45) is 4.99 Å². The van der Waals surface area contributed by atoms with E-state index in [0.29, 0.717) is 13.0 Å². The molecule has 0 bridgehead atoms. The van der Waals surface area contributed by atoms with Crippen LogP contribution in [0.1, 0.15) is 31.2 Å². The van der Waals surface area contributed by atoms with Gasteiger partial charge in [-0.25, -0.2) is 9.97 Å². The minimum Gasteiger partial charge on any atom is -0.352 e. The number of nitrogens with one attached hydrogen (secondary N) is 2. The minimum absolute atomic E-state index is 0.210. The number of carbonyl (C=O) groups is 1. The first kappa shape index (κ1) is 18.9. The summed E-state index contributed by atoms with van der Waals surface area (Å²) in [5.41, 5.74) is 1.06. The second-order valence-electron chi connectivity index (χ2n) is 6.62. The molecule has 1 amide bonds. The van der Waals surface area contributed by atoms with Crippen LogP contribution in [0, 0.1) is 6.92 Å². The molecular weight excluding hydrogens is 342 g/mol. The maximum atomic E-state index is 11.8. The summed E-state index contributed by atoms with van der Waals surface area (Å²) >= 11 is 0. The standard InChI is InChI=1S/C19H27N7O/c1-4-18(27)25-9-7-16(13-25)24-19(20-3)23-12-15-5-6-17(22-11-15)26-10-8-21-14(26)2/h5-6,8,10-11,16H,4,7,9,12-13H2,1-3H3,(H2,20,23,24). The topological polar surface area (TPSA) is 87.4 Å². The van der Waals surface area contributed by atoms with E-state index in [1.807, 2.05) is 47.8 Å². The number of pyridine rings is 1. The average Bonchev–Trinajstić information content (AvgIpc) is 3.34. The Hall–Kier alpha value is -2.90. The molecule has 27 heavy (non-hydrogen) atoms. The minimum atomic E-state index is 0.210. The van der Waals surface area contributed by atoms with Gasteiger partial charge in [0.05, 0.1) is 0 Å². The largest absolute Gasteiger partial charge is 0.352 e. The van der Waals surface area contributed by atoms with E-state index in [-0.39, 0.29) is 11.9 Å². The highest BCUT2D eigenvalue weighted by Crippen LogP contribution is 2.11. The van der Waals surface area contributed by atoms with Gasteiger partial charge in [-0.05, 0) is 25.0 Å². The van der Waals surface area contributed by atoms with Crippen LogP contribution in [0.3, 0.4) is 0 Å². The monoisotopic (exact) mass is 369 g/mol. The van der Waals surface area contributed by atoms with E-state index in [2.05, 4.69) is 25.6 Å². The van der Waals surface area contributed by atoms with Crippen LogP contribution >= 0.6 is 0 Å². The first-order valence-electron chi connectivity index (χ1n) is 9.31. The molecule has 3 rings (SSSR count). The molecule has 1 aliphatic heterocycles. The fourth-order valence-electron chi connectivity index (χ4n) is 3.19. The Morgan fingerprint density at radius 1 is 1.37 bits per heavy atom. The molecule has 1 fully saturated rings. The van der Waals surface area contributed by atoms with Crippen LogP contribution in [0.2, 0.25) is 0 Å². The molecule has 8 nitrogen and oxygen atoms in total. The molecule has 2 N–H and O–H groups in total. The molecule has 1 aliphatic rings.